The van der Waals surface area contributed by atoms with Crippen molar-refractivity contribution in [1.29, 1.82) is 0 Å². The summed E-state index contributed by atoms with van der Waals surface area (Å²) < 4.78 is 14.8. The fraction of sp³-hybridized carbons (Fsp3) is 0.143. The maximum atomic E-state index is 13.4. The first kappa shape index (κ1) is 15.2. The van der Waals surface area contributed by atoms with Crippen molar-refractivity contribution in [2.75, 3.05) is 0 Å². The van der Waals surface area contributed by atoms with Crippen LogP contribution in [0.25, 0.3) is 0 Å². The van der Waals surface area contributed by atoms with E-state index in [4.69, 9.17) is 11.6 Å². The number of aliphatic hydroxyl groups excluding tert-OH is 1. The molecule has 0 bridgehead atoms. The van der Waals surface area contributed by atoms with Crippen LogP contribution in [0.2, 0.25) is 5.02 Å². The molecule has 0 saturated carbocycles. The smallest absolute Gasteiger partial charge is 0.137 e. The molecule has 0 aliphatic carbocycles. The lowest BCUT2D eigenvalue weighted by Crippen LogP contribution is -2.05. The number of hydrogen-bond donors (Lipinski definition) is 1. The first-order chi connectivity index (χ1) is 8.99. The predicted molar refractivity (Wildman–Crippen MR) is 86.9 cm³/mol. The van der Waals surface area contributed by atoms with Crippen LogP contribution in [0.4, 0.5) is 4.39 Å². The van der Waals surface area contributed by atoms with Gasteiger partial charge in [0, 0.05) is 15.0 Å². The van der Waals surface area contributed by atoms with Crippen LogP contribution in [0.3, 0.4) is 0 Å². The van der Waals surface area contributed by atoms with Gasteiger partial charge in [0.1, 0.15) is 5.82 Å². The molecule has 0 aliphatic heterocycles. The van der Waals surface area contributed by atoms with Gasteiger partial charge in [0.15, 0.2) is 0 Å². The lowest BCUT2D eigenvalue weighted by atomic mass is 10.0. The maximum Gasteiger partial charge on any atom is 0.137 e. The van der Waals surface area contributed by atoms with E-state index < -0.39 is 6.10 Å². The molecule has 2 aromatic carbocycles. The standard InChI is InChI=1S/C14H10BrClFIO/c15-14-8(2-1-3-11(14)17)6-13(19)10-7-9(16)4-5-12(10)18/h1-5,7,13,19H,6H2. The molecule has 0 aliphatic rings. The van der Waals surface area contributed by atoms with Gasteiger partial charge in [-0.2, -0.15) is 0 Å². The third kappa shape index (κ3) is 3.68. The molecule has 2 aromatic rings. The lowest BCUT2D eigenvalue weighted by molar-refractivity contribution is 0.177. The van der Waals surface area contributed by atoms with E-state index in [0.717, 1.165) is 14.7 Å². The Bertz CT molecular complexity index is 606. The van der Waals surface area contributed by atoms with Gasteiger partial charge in [0.25, 0.3) is 0 Å². The van der Waals surface area contributed by atoms with Crippen LogP contribution >= 0.6 is 50.1 Å². The molecule has 0 radical (unpaired) electrons. The third-order valence-corrected chi connectivity index (χ3v) is 4.87. The Labute approximate surface area is 138 Å². The molecule has 100 valence electrons. The summed E-state index contributed by atoms with van der Waals surface area (Å²) in [5.74, 6) is -0.328. The summed E-state index contributed by atoms with van der Waals surface area (Å²) in [6, 6.07) is 10.2. The van der Waals surface area contributed by atoms with Crippen LogP contribution < -0.4 is 0 Å². The van der Waals surface area contributed by atoms with Gasteiger partial charge in [-0.1, -0.05) is 23.7 Å². The highest BCUT2D eigenvalue weighted by Gasteiger charge is 2.15. The second-order valence-corrected chi connectivity index (χ2v) is 6.49. The summed E-state index contributed by atoms with van der Waals surface area (Å²) >= 11 is 11.3. The van der Waals surface area contributed by atoms with Crippen molar-refractivity contribution in [3.63, 3.8) is 0 Å². The maximum absolute atomic E-state index is 13.4. The molecule has 1 unspecified atom stereocenters. The molecule has 0 aromatic heterocycles. The van der Waals surface area contributed by atoms with Crippen LogP contribution in [0.5, 0.6) is 0 Å². The van der Waals surface area contributed by atoms with Crippen LogP contribution in [0.15, 0.2) is 40.9 Å². The molecule has 1 nitrogen and oxygen atoms in total. The topological polar surface area (TPSA) is 20.2 Å². The molecule has 5 heteroatoms. The van der Waals surface area contributed by atoms with Crippen molar-refractivity contribution in [1.82, 2.24) is 0 Å². The summed E-state index contributed by atoms with van der Waals surface area (Å²) in [5, 5.41) is 10.9. The minimum atomic E-state index is -0.719. The van der Waals surface area contributed by atoms with Crippen LogP contribution in [-0.4, -0.2) is 5.11 Å². The molecule has 0 heterocycles. The quantitative estimate of drug-likeness (QED) is 0.637. The van der Waals surface area contributed by atoms with E-state index in [0.29, 0.717) is 15.9 Å². The Morgan fingerprint density at radius 2 is 2.05 bits per heavy atom. The van der Waals surface area contributed by atoms with Crippen LogP contribution in [0.1, 0.15) is 17.2 Å². The van der Waals surface area contributed by atoms with Gasteiger partial charge in [-0.3, -0.25) is 0 Å². The van der Waals surface area contributed by atoms with E-state index in [1.807, 2.05) is 6.07 Å². The van der Waals surface area contributed by atoms with E-state index in [1.165, 1.54) is 6.07 Å². The van der Waals surface area contributed by atoms with Gasteiger partial charge < -0.3 is 5.11 Å². The molecular formula is C14H10BrClFIO. The highest BCUT2D eigenvalue weighted by molar-refractivity contribution is 14.1. The summed E-state index contributed by atoms with van der Waals surface area (Å²) in [6.07, 6.45) is -0.391. The number of benzene rings is 2. The monoisotopic (exact) mass is 454 g/mol. The van der Waals surface area contributed by atoms with Gasteiger partial charge in [-0.05, 0) is 73.9 Å². The molecule has 0 amide bonds. The van der Waals surface area contributed by atoms with E-state index in [-0.39, 0.29) is 5.82 Å². The van der Waals surface area contributed by atoms with Crippen LogP contribution in [-0.2, 0) is 6.42 Å². The zero-order chi connectivity index (χ0) is 14.0. The Morgan fingerprint density at radius 3 is 2.79 bits per heavy atom. The fourth-order valence-electron chi connectivity index (χ4n) is 1.79. The second-order valence-electron chi connectivity index (χ2n) is 4.10. The molecule has 0 fully saturated rings. The first-order valence-electron chi connectivity index (χ1n) is 5.55. The average Bonchev–Trinajstić information content (AvgIpc) is 2.38. The van der Waals surface area contributed by atoms with Crippen molar-refractivity contribution in [3.05, 3.63) is 66.4 Å². The highest BCUT2D eigenvalue weighted by Crippen LogP contribution is 2.29. The minimum absolute atomic E-state index is 0.328. The van der Waals surface area contributed by atoms with Crippen molar-refractivity contribution in [2.24, 2.45) is 0 Å². The van der Waals surface area contributed by atoms with E-state index in [2.05, 4.69) is 38.5 Å². The Balaban J connectivity index is 2.28. The van der Waals surface area contributed by atoms with Gasteiger partial charge in [0.05, 0.1) is 10.6 Å². The van der Waals surface area contributed by atoms with E-state index in [1.54, 1.807) is 24.3 Å². The largest absolute Gasteiger partial charge is 0.388 e. The summed E-state index contributed by atoms with van der Waals surface area (Å²) in [6.45, 7) is 0. The van der Waals surface area contributed by atoms with Crippen molar-refractivity contribution >= 4 is 50.1 Å². The molecular weight excluding hydrogens is 445 g/mol. The zero-order valence-electron chi connectivity index (χ0n) is 9.71. The molecule has 1 N–H and O–H groups in total. The average molecular weight is 455 g/mol. The normalized spacial score (nSPS) is 12.5. The van der Waals surface area contributed by atoms with Crippen molar-refractivity contribution < 1.29 is 9.50 Å². The predicted octanol–water partition coefficient (Wildman–Crippen LogP) is 5.12. The lowest BCUT2D eigenvalue weighted by Gasteiger charge is -2.14. The Kier molecular flexibility index (Phi) is 5.22. The highest BCUT2D eigenvalue weighted by atomic mass is 127. The summed E-state index contributed by atoms with van der Waals surface area (Å²) in [4.78, 5) is 0. The van der Waals surface area contributed by atoms with Gasteiger partial charge in [-0.25, -0.2) is 4.39 Å². The third-order valence-electron chi connectivity index (χ3n) is 2.76. The molecule has 19 heavy (non-hydrogen) atoms. The molecule has 2 rings (SSSR count). The summed E-state index contributed by atoms with van der Waals surface area (Å²) in [5.41, 5.74) is 1.48. The number of aliphatic hydroxyl groups is 1. The van der Waals surface area contributed by atoms with Crippen molar-refractivity contribution in [3.8, 4) is 0 Å². The first-order valence-corrected chi connectivity index (χ1v) is 7.80. The molecule has 1 atom stereocenters. The zero-order valence-corrected chi connectivity index (χ0v) is 14.2. The number of halogens is 4. The van der Waals surface area contributed by atoms with Gasteiger partial charge >= 0.3 is 0 Å². The SMILES string of the molecule is OC(Cc1cccc(F)c1Br)c1cc(Cl)ccc1I. The molecule has 0 spiro atoms. The van der Waals surface area contributed by atoms with E-state index in [9.17, 15) is 9.50 Å². The molecule has 0 saturated heterocycles. The Morgan fingerprint density at radius 1 is 1.32 bits per heavy atom. The van der Waals surface area contributed by atoms with Gasteiger partial charge in [-0.15, -0.1) is 0 Å². The number of rotatable bonds is 3. The van der Waals surface area contributed by atoms with Gasteiger partial charge in [0.2, 0.25) is 0 Å². The summed E-state index contributed by atoms with van der Waals surface area (Å²) in [7, 11) is 0. The van der Waals surface area contributed by atoms with E-state index >= 15 is 0 Å². The van der Waals surface area contributed by atoms with Crippen molar-refractivity contribution in [2.45, 2.75) is 12.5 Å². The number of hydrogen-bond acceptors (Lipinski definition) is 1. The van der Waals surface area contributed by atoms with Crippen LogP contribution in [0, 0.1) is 9.39 Å². The minimum Gasteiger partial charge on any atom is -0.388 e. The Hall–Kier alpha value is -0.170. The second kappa shape index (κ2) is 6.52. The fourth-order valence-corrected chi connectivity index (χ4v) is 3.10.